The molecule has 16 heteroatoms. The second kappa shape index (κ2) is 14.6. The molecule has 3 aromatic rings. The lowest BCUT2D eigenvalue weighted by atomic mass is 10.1. The summed E-state index contributed by atoms with van der Waals surface area (Å²) in [4.78, 5) is 34.7. The number of rotatable bonds is 13. The number of halogens is 3. The number of primary amides is 1. The first-order valence-electron chi connectivity index (χ1n) is 13.4. The zero-order valence-electron chi connectivity index (χ0n) is 23.4. The number of ether oxygens (including phenoxy) is 3. The van der Waals surface area contributed by atoms with E-state index in [1.54, 1.807) is 23.1 Å². The highest BCUT2D eigenvalue weighted by Gasteiger charge is 2.35. The topological polar surface area (TPSA) is 163 Å². The van der Waals surface area contributed by atoms with Crippen molar-refractivity contribution in [1.82, 2.24) is 15.3 Å². The average molecular weight is 654 g/mol. The van der Waals surface area contributed by atoms with Crippen LogP contribution in [0.15, 0.2) is 65.8 Å². The van der Waals surface area contributed by atoms with E-state index in [1.165, 1.54) is 49.6 Å². The number of carbonyl (C=O) groups excluding carboxylic acids is 2. The molecule has 2 amide bonds. The van der Waals surface area contributed by atoms with E-state index in [0.717, 1.165) is 0 Å². The molecule has 1 aromatic carbocycles. The maximum absolute atomic E-state index is 13.1. The number of amides is 2. The van der Waals surface area contributed by atoms with E-state index in [9.17, 15) is 26.8 Å². The first-order valence-corrected chi connectivity index (χ1v) is 15.4. The molecule has 0 aliphatic carbocycles. The molecule has 4 rings (SSSR count). The second-order valence-corrected chi connectivity index (χ2v) is 12.4. The standard InChI is InChI=1S/C28H30ClF2N5O7S/c1-2-44(39,40)22-7-3-17(4-8-22)23(16-42-28(32)38)35-26(37)18-5-9-24(33-12-18)36-14-21(11-20(36)15-41-27(30)31)43-25-10-6-19(29)13-34-25/h3-10,12-13,20-21,23,27H,2,11,14-16H2,1H3,(H2,32,38)(H,35,37)/t20-,21?,23-/m0/s1. The fourth-order valence-electron chi connectivity index (χ4n) is 4.58. The van der Waals surface area contributed by atoms with Crippen LogP contribution in [-0.4, -0.2) is 74.7 Å². The molecule has 236 valence electrons. The van der Waals surface area contributed by atoms with Crippen molar-refractivity contribution < 1.29 is 41.0 Å². The molecule has 0 bridgehead atoms. The Morgan fingerprint density at radius 3 is 2.45 bits per heavy atom. The third-order valence-corrected chi connectivity index (χ3v) is 8.78. The third kappa shape index (κ3) is 8.74. The van der Waals surface area contributed by atoms with Gasteiger partial charge in [-0.25, -0.2) is 23.2 Å². The van der Waals surface area contributed by atoms with Crippen LogP contribution >= 0.6 is 11.6 Å². The molecule has 1 saturated heterocycles. The van der Waals surface area contributed by atoms with Gasteiger partial charge in [-0.1, -0.05) is 30.7 Å². The first-order chi connectivity index (χ1) is 20.9. The van der Waals surface area contributed by atoms with E-state index < -0.39 is 46.6 Å². The van der Waals surface area contributed by atoms with Crippen LogP contribution in [0.3, 0.4) is 0 Å². The normalized spacial score (nSPS) is 17.3. The molecule has 1 aliphatic rings. The Balaban J connectivity index is 1.48. The summed E-state index contributed by atoms with van der Waals surface area (Å²) in [7, 11) is -3.44. The summed E-state index contributed by atoms with van der Waals surface area (Å²) in [6.45, 7) is -1.73. The van der Waals surface area contributed by atoms with Gasteiger partial charge < -0.3 is 30.2 Å². The maximum Gasteiger partial charge on any atom is 0.404 e. The zero-order chi connectivity index (χ0) is 31.9. The number of nitrogens with two attached hydrogens (primary N) is 1. The predicted molar refractivity (Wildman–Crippen MR) is 156 cm³/mol. The molecule has 3 N–H and O–H groups in total. The minimum atomic E-state index is -3.44. The van der Waals surface area contributed by atoms with Crippen LogP contribution in [-0.2, 0) is 19.3 Å². The minimum Gasteiger partial charge on any atom is -0.472 e. The van der Waals surface area contributed by atoms with Gasteiger partial charge in [0.2, 0.25) is 5.88 Å². The quantitative estimate of drug-likeness (QED) is 0.278. The smallest absolute Gasteiger partial charge is 0.404 e. The summed E-state index contributed by atoms with van der Waals surface area (Å²) in [5.74, 6) is 0.0823. The Morgan fingerprint density at radius 2 is 1.86 bits per heavy atom. The molecule has 12 nitrogen and oxygen atoms in total. The third-order valence-electron chi connectivity index (χ3n) is 6.80. The van der Waals surface area contributed by atoms with Gasteiger partial charge in [0.05, 0.1) is 46.5 Å². The number of hydrogen-bond donors (Lipinski definition) is 2. The lowest BCUT2D eigenvalue weighted by Gasteiger charge is -2.25. The number of hydrogen-bond acceptors (Lipinski definition) is 10. The van der Waals surface area contributed by atoms with E-state index in [-0.39, 0.29) is 36.0 Å². The molecule has 44 heavy (non-hydrogen) atoms. The molecule has 3 atom stereocenters. The number of benzene rings is 1. The van der Waals surface area contributed by atoms with Gasteiger partial charge in [-0.15, -0.1) is 0 Å². The summed E-state index contributed by atoms with van der Waals surface area (Å²) >= 11 is 5.88. The van der Waals surface area contributed by atoms with Crippen molar-refractivity contribution in [2.45, 2.75) is 43.0 Å². The fraction of sp³-hybridized carbons (Fsp3) is 0.357. The number of anilines is 1. The largest absolute Gasteiger partial charge is 0.472 e. The number of aromatic nitrogens is 2. The number of nitrogens with one attached hydrogen (secondary N) is 1. The van der Waals surface area contributed by atoms with Crippen LogP contribution < -0.4 is 20.7 Å². The molecule has 1 unspecified atom stereocenters. The van der Waals surface area contributed by atoms with Gasteiger partial charge >= 0.3 is 12.7 Å². The van der Waals surface area contributed by atoms with Gasteiger partial charge in [0.15, 0.2) is 9.84 Å². The summed E-state index contributed by atoms with van der Waals surface area (Å²) in [5, 5.41) is 3.17. The number of alkyl halides is 2. The van der Waals surface area contributed by atoms with E-state index in [4.69, 9.17) is 26.8 Å². The van der Waals surface area contributed by atoms with Crippen LogP contribution in [0.5, 0.6) is 5.88 Å². The van der Waals surface area contributed by atoms with Crippen molar-refractivity contribution >= 4 is 39.3 Å². The molecule has 0 saturated carbocycles. The first kappa shape index (κ1) is 32.8. The molecule has 1 fully saturated rings. The van der Waals surface area contributed by atoms with Crippen LogP contribution in [0.1, 0.15) is 35.3 Å². The Labute approximate surface area is 257 Å². The van der Waals surface area contributed by atoms with Gasteiger partial charge in [0, 0.05) is 24.9 Å². The molecule has 1 aliphatic heterocycles. The Bertz CT molecular complexity index is 1530. The molecule has 2 aromatic heterocycles. The second-order valence-electron chi connectivity index (χ2n) is 9.72. The Kier molecular flexibility index (Phi) is 10.9. The number of sulfone groups is 1. The monoisotopic (exact) mass is 653 g/mol. The van der Waals surface area contributed by atoms with E-state index in [0.29, 0.717) is 28.7 Å². The fourth-order valence-corrected chi connectivity index (χ4v) is 5.57. The van der Waals surface area contributed by atoms with Crippen LogP contribution in [0, 0.1) is 0 Å². The van der Waals surface area contributed by atoms with E-state index >= 15 is 0 Å². The lowest BCUT2D eigenvalue weighted by Crippen LogP contribution is -2.35. The Morgan fingerprint density at radius 1 is 1.11 bits per heavy atom. The average Bonchev–Trinajstić information content (AvgIpc) is 3.41. The molecular formula is C28H30ClF2N5O7S. The lowest BCUT2D eigenvalue weighted by molar-refractivity contribution is -0.131. The highest BCUT2D eigenvalue weighted by molar-refractivity contribution is 7.91. The highest BCUT2D eigenvalue weighted by Crippen LogP contribution is 2.28. The summed E-state index contributed by atoms with van der Waals surface area (Å²) < 4.78 is 65.4. The zero-order valence-corrected chi connectivity index (χ0v) is 25.0. The van der Waals surface area contributed by atoms with Crippen LogP contribution in [0.4, 0.5) is 19.4 Å². The summed E-state index contributed by atoms with van der Waals surface area (Å²) in [6.07, 6.45) is 1.63. The number of carbonyl (C=O) groups is 2. The number of pyridine rings is 2. The molecule has 0 spiro atoms. The van der Waals surface area contributed by atoms with Crippen molar-refractivity contribution in [1.29, 1.82) is 0 Å². The predicted octanol–water partition coefficient (Wildman–Crippen LogP) is 3.76. The van der Waals surface area contributed by atoms with Gasteiger partial charge in [-0.05, 0) is 35.9 Å². The van der Waals surface area contributed by atoms with E-state index in [2.05, 4.69) is 20.0 Å². The highest BCUT2D eigenvalue weighted by atomic mass is 35.5. The van der Waals surface area contributed by atoms with Gasteiger partial charge in [-0.2, -0.15) is 8.78 Å². The summed E-state index contributed by atoms with van der Waals surface area (Å²) in [5.41, 5.74) is 5.73. The maximum atomic E-state index is 13.1. The van der Waals surface area contributed by atoms with Crippen molar-refractivity contribution in [3.05, 3.63) is 77.1 Å². The minimum absolute atomic E-state index is 0.0784. The molecule has 3 heterocycles. The van der Waals surface area contributed by atoms with Gasteiger partial charge in [0.25, 0.3) is 5.91 Å². The SMILES string of the molecule is CCS(=O)(=O)c1ccc([C@H](COC(N)=O)NC(=O)c2ccc(N3CC(Oc4ccc(Cl)cn4)C[C@H]3COC(F)F)nc2)cc1. The molecular weight excluding hydrogens is 624 g/mol. The van der Waals surface area contributed by atoms with Crippen molar-refractivity contribution in [3.63, 3.8) is 0 Å². The van der Waals surface area contributed by atoms with Gasteiger partial charge in [0.1, 0.15) is 18.5 Å². The van der Waals surface area contributed by atoms with Crippen molar-refractivity contribution in [2.24, 2.45) is 5.73 Å². The molecule has 0 radical (unpaired) electrons. The van der Waals surface area contributed by atoms with E-state index in [1.807, 2.05) is 0 Å². The van der Waals surface area contributed by atoms with Crippen LogP contribution in [0.25, 0.3) is 0 Å². The summed E-state index contributed by atoms with van der Waals surface area (Å²) in [6, 6.07) is 10.7. The van der Waals surface area contributed by atoms with Crippen LogP contribution in [0.2, 0.25) is 5.02 Å². The van der Waals surface area contributed by atoms with Crippen molar-refractivity contribution in [3.8, 4) is 5.88 Å². The number of nitrogens with zero attached hydrogens (tertiary/aromatic N) is 3. The van der Waals surface area contributed by atoms with Gasteiger partial charge in [-0.3, -0.25) is 4.79 Å². The van der Waals surface area contributed by atoms with Crippen molar-refractivity contribution in [2.75, 3.05) is 30.4 Å². The Hall–Kier alpha value is -4.08.